The van der Waals surface area contributed by atoms with Crippen LogP contribution in [0.4, 0.5) is 10.2 Å². The molecule has 1 aromatic carbocycles. The summed E-state index contributed by atoms with van der Waals surface area (Å²) in [5.74, 6) is 0.646. The number of nitrogens with zero attached hydrogens (tertiary/aromatic N) is 2. The molecule has 1 atom stereocenters. The predicted molar refractivity (Wildman–Crippen MR) is 79.2 cm³/mol. The highest BCUT2D eigenvalue weighted by molar-refractivity contribution is 5.36. The van der Waals surface area contributed by atoms with E-state index < -0.39 is 0 Å². The molecule has 20 heavy (non-hydrogen) atoms. The van der Waals surface area contributed by atoms with Gasteiger partial charge in [-0.2, -0.15) is 0 Å². The number of aryl methyl sites for hydroxylation is 1. The van der Waals surface area contributed by atoms with Gasteiger partial charge in [-0.1, -0.05) is 25.5 Å². The highest BCUT2D eigenvalue weighted by atomic mass is 19.1. The van der Waals surface area contributed by atoms with Gasteiger partial charge in [0, 0.05) is 17.8 Å². The Labute approximate surface area is 119 Å². The van der Waals surface area contributed by atoms with E-state index in [-0.39, 0.29) is 11.9 Å². The van der Waals surface area contributed by atoms with Crippen molar-refractivity contribution < 1.29 is 4.39 Å². The number of anilines is 1. The van der Waals surface area contributed by atoms with Crippen molar-refractivity contribution in [2.45, 2.75) is 39.2 Å². The summed E-state index contributed by atoms with van der Waals surface area (Å²) < 4.78 is 12.9. The maximum Gasteiger partial charge on any atom is 0.129 e. The Morgan fingerprint density at radius 2 is 1.95 bits per heavy atom. The molecular weight excluding hydrogens is 253 g/mol. The zero-order chi connectivity index (χ0) is 14.4. The number of rotatable bonds is 6. The third-order valence-corrected chi connectivity index (χ3v) is 3.08. The lowest BCUT2D eigenvalue weighted by Crippen LogP contribution is -2.19. The summed E-state index contributed by atoms with van der Waals surface area (Å²) in [5, 5.41) is 3.36. The summed E-state index contributed by atoms with van der Waals surface area (Å²) in [6.07, 6.45) is 4.45. The van der Waals surface area contributed by atoms with Crippen LogP contribution in [-0.4, -0.2) is 16.0 Å². The van der Waals surface area contributed by atoms with Crippen LogP contribution in [0.5, 0.6) is 0 Å². The Hall–Kier alpha value is -1.97. The van der Waals surface area contributed by atoms with Crippen LogP contribution < -0.4 is 5.32 Å². The first kappa shape index (κ1) is 14.4. The summed E-state index contributed by atoms with van der Waals surface area (Å²) >= 11 is 0. The minimum absolute atomic E-state index is 0.200. The first-order valence-corrected chi connectivity index (χ1v) is 6.99. The van der Waals surface area contributed by atoms with Crippen LogP contribution in [0, 0.1) is 5.82 Å². The first-order valence-electron chi connectivity index (χ1n) is 6.99. The maximum atomic E-state index is 12.9. The topological polar surface area (TPSA) is 37.8 Å². The van der Waals surface area contributed by atoms with Crippen molar-refractivity contribution in [3.63, 3.8) is 0 Å². The Balaban J connectivity index is 1.95. The molecule has 2 aromatic rings. The Morgan fingerprint density at radius 1 is 1.20 bits per heavy atom. The fourth-order valence-corrected chi connectivity index (χ4v) is 2.15. The molecule has 1 aromatic heterocycles. The van der Waals surface area contributed by atoms with E-state index in [1.54, 1.807) is 6.33 Å². The van der Waals surface area contributed by atoms with E-state index in [2.05, 4.69) is 29.1 Å². The van der Waals surface area contributed by atoms with Crippen LogP contribution in [0.1, 0.15) is 31.5 Å². The van der Waals surface area contributed by atoms with Gasteiger partial charge in [0.1, 0.15) is 18.0 Å². The van der Waals surface area contributed by atoms with Gasteiger partial charge in [0.05, 0.1) is 0 Å². The lowest BCUT2D eigenvalue weighted by Gasteiger charge is -2.15. The molecule has 4 heteroatoms. The van der Waals surface area contributed by atoms with Crippen LogP contribution in [0.2, 0.25) is 0 Å². The van der Waals surface area contributed by atoms with Crippen molar-refractivity contribution in [3.8, 4) is 0 Å². The van der Waals surface area contributed by atoms with Crippen LogP contribution in [-0.2, 0) is 12.8 Å². The molecule has 0 bridgehead atoms. The highest BCUT2D eigenvalue weighted by Gasteiger charge is 2.05. The summed E-state index contributed by atoms with van der Waals surface area (Å²) in [6.45, 7) is 4.22. The van der Waals surface area contributed by atoms with Crippen molar-refractivity contribution in [1.29, 1.82) is 0 Å². The Bertz CT molecular complexity index is 540. The number of aromatic nitrogens is 2. The van der Waals surface area contributed by atoms with Gasteiger partial charge in [0.15, 0.2) is 0 Å². The number of nitrogens with one attached hydrogen (secondary N) is 1. The maximum absolute atomic E-state index is 12.9. The molecule has 0 aliphatic carbocycles. The molecule has 0 saturated heterocycles. The smallest absolute Gasteiger partial charge is 0.129 e. The van der Waals surface area contributed by atoms with Crippen molar-refractivity contribution in [1.82, 2.24) is 9.97 Å². The molecule has 0 aliphatic heterocycles. The first-order chi connectivity index (χ1) is 9.67. The van der Waals surface area contributed by atoms with E-state index in [1.807, 2.05) is 18.2 Å². The molecule has 0 spiro atoms. The van der Waals surface area contributed by atoms with Gasteiger partial charge in [0.25, 0.3) is 0 Å². The average molecular weight is 273 g/mol. The van der Waals surface area contributed by atoms with Gasteiger partial charge in [-0.05, 0) is 37.5 Å². The van der Waals surface area contributed by atoms with Crippen molar-refractivity contribution in [2.75, 3.05) is 5.32 Å². The molecule has 0 radical (unpaired) electrons. The third-order valence-electron chi connectivity index (χ3n) is 3.08. The van der Waals surface area contributed by atoms with Crippen LogP contribution in [0.25, 0.3) is 0 Å². The highest BCUT2D eigenvalue weighted by Crippen LogP contribution is 2.11. The van der Waals surface area contributed by atoms with Gasteiger partial charge in [-0.3, -0.25) is 0 Å². The summed E-state index contributed by atoms with van der Waals surface area (Å²) in [4.78, 5) is 8.47. The minimum atomic E-state index is -0.200. The molecule has 0 amide bonds. The zero-order valence-electron chi connectivity index (χ0n) is 11.9. The molecule has 1 unspecified atom stereocenters. The number of halogens is 1. The Morgan fingerprint density at radius 3 is 2.65 bits per heavy atom. The van der Waals surface area contributed by atoms with Crippen molar-refractivity contribution in [3.05, 3.63) is 53.7 Å². The quantitative estimate of drug-likeness (QED) is 0.873. The van der Waals surface area contributed by atoms with Gasteiger partial charge in [-0.25, -0.2) is 14.4 Å². The normalized spacial score (nSPS) is 12.2. The van der Waals surface area contributed by atoms with Gasteiger partial charge < -0.3 is 5.32 Å². The molecule has 106 valence electrons. The standard InChI is InChI=1S/C16H20FN3/c1-3-4-15-10-16(19-11-18-15)20-12(2)9-13-5-7-14(17)8-6-13/h5-8,10-12H,3-4,9H2,1-2H3,(H,18,19,20). The van der Waals surface area contributed by atoms with Crippen LogP contribution >= 0.6 is 0 Å². The fourth-order valence-electron chi connectivity index (χ4n) is 2.15. The van der Waals surface area contributed by atoms with Gasteiger partial charge in [0.2, 0.25) is 0 Å². The molecule has 2 rings (SSSR count). The lowest BCUT2D eigenvalue weighted by molar-refractivity contribution is 0.626. The molecule has 1 heterocycles. The molecule has 3 nitrogen and oxygen atoms in total. The molecular formula is C16H20FN3. The van der Waals surface area contributed by atoms with Gasteiger partial charge >= 0.3 is 0 Å². The molecule has 0 aliphatic rings. The average Bonchev–Trinajstić information content (AvgIpc) is 2.42. The van der Waals surface area contributed by atoms with E-state index in [4.69, 9.17) is 0 Å². The van der Waals surface area contributed by atoms with Crippen molar-refractivity contribution >= 4 is 5.82 Å². The van der Waals surface area contributed by atoms with E-state index in [1.165, 1.54) is 12.1 Å². The molecule has 0 fully saturated rings. The van der Waals surface area contributed by atoms with E-state index in [9.17, 15) is 4.39 Å². The van der Waals surface area contributed by atoms with Gasteiger partial charge in [-0.15, -0.1) is 0 Å². The third kappa shape index (κ3) is 4.30. The fraction of sp³-hybridized carbons (Fsp3) is 0.375. The minimum Gasteiger partial charge on any atom is -0.367 e. The van der Waals surface area contributed by atoms with E-state index in [0.717, 1.165) is 36.3 Å². The molecule has 1 N–H and O–H groups in total. The monoisotopic (exact) mass is 273 g/mol. The van der Waals surface area contributed by atoms with E-state index >= 15 is 0 Å². The van der Waals surface area contributed by atoms with Crippen LogP contribution in [0.3, 0.4) is 0 Å². The largest absolute Gasteiger partial charge is 0.367 e. The number of benzene rings is 1. The number of hydrogen-bond donors (Lipinski definition) is 1. The van der Waals surface area contributed by atoms with Crippen molar-refractivity contribution in [2.24, 2.45) is 0 Å². The summed E-state index contributed by atoms with van der Waals surface area (Å²) in [7, 11) is 0. The predicted octanol–water partition coefficient (Wildman–Crippen LogP) is 3.61. The molecule has 0 saturated carbocycles. The summed E-state index contributed by atoms with van der Waals surface area (Å²) in [5.41, 5.74) is 2.16. The number of hydrogen-bond acceptors (Lipinski definition) is 3. The second kappa shape index (κ2) is 6.98. The second-order valence-electron chi connectivity index (χ2n) is 5.02. The lowest BCUT2D eigenvalue weighted by atomic mass is 10.1. The Kier molecular flexibility index (Phi) is 5.04. The van der Waals surface area contributed by atoms with Crippen LogP contribution in [0.15, 0.2) is 36.7 Å². The zero-order valence-corrected chi connectivity index (χ0v) is 11.9. The second-order valence-corrected chi connectivity index (χ2v) is 5.02. The van der Waals surface area contributed by atoms with E-state index in [0.29, 0.717) is 0 Å². The SMILES string of the molecule is CCCc1cc(NC(C)Cc2ccc(F)cc2)ncn1. The summed E-state index contributed by atoms with van der Waals surface area (Å²) in [6, 6.07) is 8.83.